The molecular formula is C18H35NaO7S. The molecule has 0 aromatic rings. The van der Waals surface area contributed by atoms with Crippen molar-refractivity contribution in [1.82, 2.24) is 0 Å². The molecule has 0 aliphatic heterocycles. The fraction of sp³-hybridized carbons (Fsp3) is 0.889. The topological polar surface area (TPSA) is 129 Å². The molecule has 0 aliphatic carbocycles. The van der Waals surface area contributed by atoms with Gasteiger partial charge in [0.05, 0.1) is 5.92 Å². The Morgan fingerprint density at radius 3 is 1.74 bits per heavy atom. The van der Waals surface area contributed by atoms with Crippen molar-refractivity contribution in [3.63, 3.8) is 0 Å². The van der Waals surface area contributed by atoms with Crippen molar-refractivity contribution in [2.75, 3.05) is 0 Å². The second-order valence-electron chi connectivity index (χ2n) is 7.26. The molecule has 7 nitrogen and oxygen atoms in total. The van der Waals surface area contributed by atoms with Gasteiger partial charge in [-0.15, -0.1) is 0 Å². The van der Waals surface area contributed by atoms with Gasteiger partial charge in [-0.25, -0.2) is 0 Å². The molecular weight excluding hydrogens is 383 g/mol. The van der Waals surface area contributed by atoms with Crippen molar-refractivity contribution >= 4 is 22.1 Å². The van der Waals surface area contributed by atoms with Gasteiger partial charge >= 0.3 is 41.5 Å². The number of carboxylic acid groups (broad SMARTS) is 2. The van der Waals surface area contributed by atoms with Crippen LogP contribution in [-0.2, 0) is 19.7 Å². The third kappa shape index (κ3) is 7.31. The van der Waals surface area contributed by atoms with E-state index in [1.807, 2.05) is 13.8 Å². The summed E-state index contributed by atoms with van der Waals surface area (Å²) < 4.78 is 31.7. The average Bonchev–Trinajstić information content (AvgIpc) is 2.50. The number of unbranched alkanes of at least 4 members (excludes halogenated alkanes) is 4. The summed E-state index contributed by atoms with van der Waals surface area (Å²) in [6.07, 6.45) is 5.21. The molecule has 0 aromatic carbocycles. The molecule has 156 valence electrons. The minimum atomic E-state index is -5.16. The summed E-state index contributed by atoms with van der Waals surface area (Å²) >= 11 is 0. The Labute approximate surface area is 186 Å². The van der Waals surface area contributed by atoms with Crippen LogP contribution in [0.25, 0.3) is 0 Å². The Balaban J connectivity index is -0.00000312. The molecule has 0 radical (unpaired) electrons. The monoisotopic (exact) mass is 418 g/mol. The minimum absolute atomic E-state index is 0. The molecule has 9 heteroatoms. The van der Waals surface area contributed by atoms with E-state index in [1.165, 1.54) is 6.92 Å². The maximum Gasteiger partial charge on any atom is 1.00 e. The molecule has 0 amide bonds. The largest absolute Gasteiger partial charge is 1.00 e. The quantitative estimate of drug-likeness (QED) is 0.218. The molecule has 0 fully saturated rings. The van der Waals surface area contributed by atoms with Crippen molar-refractivity contribution in [2.45, 2.75) is 83.8 Å². The summed E-state index contributed by atoms with van der Waals surface area (Å²) in [6, 6.07) is 0. The Hall–Kier alpha value is -0.150. The van der Waals surface area contributed by atoms with Gasteiger partial charge in [0.25, 0.3) is 10.1 Å². The molecule has 3 N–H and O–H groups in total. The summed E-state index contributed by atoms with van der Waals surface area (Å²) in [5.74, 6) is -6.75. The van der Waals surface area contributed by atoms with Gasteiger partial charge in [-0.1, -0.05) is 66.2 Å². The van der Waals surface area contributed by atoms with Crippen molar-refractivity contribution in [3.8, 4) is 0 Å². The van der Waals surface area contributed by atoms with Gasteiger partial charge in [0.15, 0.2) is 0 Å². The Morgan fingerprint density at radius 2 is 1.41 bits per heavy atom. The minimum Gasteiger partial charge on any atom is -1.00 e. The summed E-state index contributed by atoms with van der Waals surface area (Å²) in [5, 5.41) is 19.6. The van der Waals surface area contributed by atoms with Gasteiger partial charge in [-0.2, -0.15) is 8.42 Å². The predicted molar refractivity (Wildman–Crippen MR) is 101 cm³/mol. The maximum atomic E-state index is 12.3. The number of carbonyl (C=O) groups is 2. The van der Waals surface area contributed by atoms with E-state index >= 15 is 0 Å². The van der Waals surface area contributed by atoms with Gasteiger partial charge in [0, 0.05) is 0 Å². The molecule has 0 aromatic heterocycles. The van der Waals surface area contributed by atoms with Crippen molar-refractivity contribution in [1.29, 1.82) is 0 Å². The molecule has 0 heterocycles. The molecule has 27 heavy (non-hydrogen) atoms. The van der Waals surface area contributed by atoms with Crippen LogP contribution in [0.5, 0.6) is 0 Å². The van der Waals surface area contributed by atoms with E-state index < -0.39 is 44.6 Å². The first-order valence-electron chi connectivity index (χ1n) is 9.41. The average molecular weight is 419 g/mol. The SMILES string of the molecule is CCCCCC(C)C(C(=O)O)C(C(=O)O)(C(C)CCCCC)S(=O)(=O)O.[H-].[Na+]. The second kappa shape index (κ2) is 13.1. The molecule has 0 bridgehead atoms. The number of carboxylic acids is 2. The van der Waals surface area contributed by atoms with E-state index in [2.05, 4.69) is 0 Å². The predicted octanol–water partition coefficient (Wildman–Crippen LogP) is 0.948. The number of rotatable bonds is 14. The van der Waals surface area contributed by atoms with Crippen LogP contribution >= 0.6 is 0 Å². The molecule has 4 atom stereocenters. The summed E-state index contributed by atoms with van der Waals surface area (Å²) in [5.41, 5.74) is 0. The van der Waals surface area contributed by atoms with E-state index in [-0.39, 0.29) is 37.4 Å². The van der Waals surface area contributed by atoms with Gasteiger partial charge < -0.3 is 11.6 Å². The Kier molecular flexibility index (Phi) is 14.1. The van der Waals surface area contributed by atoms with Gasteiger partial charge in [-0.3, -0.25) is 14.1 Å². The Morgan fingerprint density at radius 1 is 0.963 bits per heavy atom. The van der Waals surface area contributed by atoms with E-state index in [1.54, 1.807) is 6.92 Å². The third-order valence-electron chi connectivity index (χ3n) is 5.29. The van der Waals surface area contributed by atoms with Crippen LogP contribution < -0.4 is 29.6 Å². The standard InChI is InChI=1S/C18H34O7S.Na.H/c1-5-7-9-11-13(3)15(16(19)20)18(17(21)22,26(23,24)25)14(4)12-10-8-6-2;;/h13-15H,5-12H2,1-4H3,(H,19,20)(H,21,22)(H,23,24,25);;/q;+1;-1. The van der Waals surface area contributed by atoms with E-state index in [0.29, 0.717) is 19.3 Å². The molecule has 0 saturated heterocycles. The zero-order chi connectivity index (χ0) is 20.5. The summed E-state index contributed by atoms with van der Waals surface area (Å²) in [6.45, 7) is 6.89. The summed E-state index contributed by atoms with van der Waals surface area (Å²) in [7, 11) is -5.16. The molecule has 0 saturated carbocycles. The van der Waals surface area contributed by atoms with Crippen molar-refractivity contribution in [2.24, 2.45) is 17.8 Å². The van der Waals surface area contributed by atoms with Crippen molar-refractivity contribution in [3.05, 3.63) is 0 Å². The number of hydrogen-bond acceptors (Lipinski definition) is 4. The third-order valence-corrected chi connectivity index (χ3v) is 6.98. The van der Waals surface area contributed by atoms with Gasteiger partial charge in [0.1, 0.15) is 0 Å². The number of hydrogen-bond donors (Lipinski definition) is 3. The number of aliphatic carboxylic acids is 2. The molecule has 0 aliphatic rings. The first-order valence-corrected chi connectivity index (χ1v) is 10.9. The zero-order valence-electron chi connectivity index (χ0n) is 18.3. The van der Waals surface area contributed by atoms with Crippen LogP contribution in [0, 0.1) is 17.8 Å². The summed E-state index contributed by atoms with van der Waals surface area (Å²) in [4.78, 5) is 24.1. The van der Waals surface area contributed by atoms with E-state index in [0.717, 1.165) is 25.7 Å². The van der Waals surface area contributed by atoms with E-state index in [4.69, 9.17) is 0 Å². The molecule has 0 spiro atoms. The fourth-order valence-corrected chi connectivity index (χ4v) is 5.32. The first-order chi connectivity index (χ1) is 12.0. The second-order valence-corrected chi connectivity index (χ2v) is 8.88. The van der Waals surface area contributed by atoms with E-state index in [9.17, 15) is 32.8 Å². The maximum absolute atomic E-state index is 12.3. The van der Waals surface area contributed by atoms with Gasteiger partial charge in [-0.05, 0) is 24.7 Å². The van der Waals surface area contributed by atoms with Crippen LogP contribution in [0.2, 0.25) is 0 Å². The van der Waals surface area contributed by atoms with Crippen LogP contribution in [0.15, 0.2) is 0 Å². The zero-order valence-corrected chi connectivity index (χ0v) is 20.1. The normalized spacial score (nSPS) is 17.2. The van der Waals surface area contributed by atoms with Crippen molar-refractivity contribution < 1.29 is 63.8 Å². The molecule has 4 unspecified atom stereocenters. The smallest absolute Gasteiger partial charge is 1.00 e. The van der Waals surface area contributed by atoms with Crippen LogP contribution in [-0.4, -0.2) is 39.9 Å². The molecule has 0 rings (SSSR count). The fourth-order valence-electron chi connectivity index (χ4n) is 3.82. The Bertz CT molecular complexity index is 570. The van der Waals surface area contributed by atoms with Gasteiger partial charge in [0.2, 0.25) is 4.75 Å². The van der Waals surface area contributed by atoms with Crippen LogP contribution in [0.3, 0.4) is 0 Å². The first kappa shape index (κ1) is 29.1. The van der Waals surface area contributed by atoms with Crippen LogP contribution in [0.1, 0.15) is 80.5 Å². The van der Waals surface area contributed by atoms with Crippen LogP contribution in [0.4, 0.5) is 0 Å².